The molecule has 1 aromatic heterocycles. The number of carbonyl (C=O) groups excluding carboxylic acids is 2. The molecule has 24 heavy (non-hydrogen) atoms. The lowest BCUT2D eigenvalue weighted by Gasteiger charge is -2.25. The number of nitrogens with one attached hydrogen (secondary N) is 1. The van der Waals surface area contributed by atoms with Crippen molar-refractivity contribution in [1.82, 2.24) is 5.32 Å². The molecule has 0 spiro atoms. The molecule has 2 amide bonds. The van der Waals surface area contributed by atoms with Gasteiger partial charge in [-0.1, -0.05) is 37.6 Å². The van der Waals surface area contributed by atoms with Gasteiger partial charge in [-0.25, -0.2) is 0 Å². The monoisotopic (exact) mass is 344 g/mol. The second kappa shape index (κ2) is 9.23. The first-order valence-electron chi connectivity index (χ1n) is 8.27. The Labute approximate surface area is 147 Å². The minimum absolute atomic E-state index is 0.0294. The molecular weight excluding hydrogens is 320 g/mol. The maximum atomic E-state index is 12.9. The Morgan fingerprint density at radius 3 is 2.50 bits per heavy atom. The van der Waals surface area contributed by atoms with E-state index in [0.29, 0.717) is 6.54 Å². The summed E-state index contributed by atoms with van der Waals surface area (Å²) in [6.45, 7) is 4.28. The molecule has 2 aromatic rings. The number of benzene rings is 1. The molecule has 1 aromatic carbocycles. The minimum Gasteiger partial charge on any atom is -0.348 e. The van der Waals surface area contributed by atoms with Gasteiger partial charge in [-0.15, -0.1) is 11.3 Å². The number of carbonyl (C=O) groups is 2. The zero-order chi connectivity index (χ0) is 17.4. The van der Waals surface area contributed by atoms with Gasteiger partial charge in [0.05, 0.1) is 12.5 Å². The molecule has 1 atom stereocenters. The summed E-state index contributed by atoms with van der Waals surface area (Å²) in [5.74, 6) is -0.0946. The Kier molecular flexibility index (Phi) is 7.00. The third-order valence-corrected chi connectivity index (χ3v) is 4.73. The number of hydrogen-bond acceptors (Lipinski definition) is 3. The van der Waals surface area contributed by atoms with Crippen molar-refractivity contribution in [2.45, 2.75) is 39.2 Å². The van der Waals surface area contributed by atoms with Gasteiger partial charge >= 0.3 is 0 Å². The van der Waals surface area contributed by atoms with Crippen LogP contribution < -0.4 is 10.2 Å². The molecule has 0 bridgehead atoms. The number of para-hydroxylation sites is 1. The summed E-state index contributed by atoms with van der Waals surface area (Å²) >= 11 is 1.55. The topological polar surface area (TPSA) is 49.4 Å². The molecule has 0 aliphatic rings. The van der Waals surface area contributed by atoms with Crippen LogP contribution in [0.2, 0.25) is 0 Å². The summed E-state index contributed by atoms with van der Waals surface area (Å²) in [5, 5.41) is 4.86. The van der Waals surface area contributed by atoms with Gasteiger partial charge in [-0.2, -0.15) is 0 Å². The fourth-order valence-electron chi connectivity index (χ4n) is 2.56. The van der Waals surface area contributed by atoms with Crippen LogP contribution in [0.25, 0.3) is 0 Å². The molecule has 1 heterocycles. The zero-order valence-electron chi connectivity index (χ0n) is 14.2. The Morgan fingerprint density at radius 2 is 1.92 bits per heavy atom. The molecular formula is C19H24N2O2S. The van der Waals surface area contributed by atoms with Crippen molar-refractivity contribution in [3.63, 3.8) is 0 Å². The summed E-state index contributed by atoms with van der Waals surface area (Å²) in [4.78, 5) is 27.3. The Balaban J connectivity index is 2.16. The Hall–Kier alpha value is -2.14. The molecule has 0 fully saturated rings. The van der Waals surface area contributed by atoms with Crippen molar-refractivity contribution < 1.29 is 9.59 Å². The van der Waals surface area contributed by atoms with Crippen LogP contribution >= 0.6 is 11.3 Å². The molecule has 5 heteroatoms. The largest absolute Gasteiger partial charge is 0.348 e. The number of anilines is 1. The average Bonchev–Trinajstić information content (AvgIpc) is 3.09. The summed E-state index contributed by atoms with van der Waals surface area (Å²) < 4.78 is 0. The molecule has 4 nitrogen and oxygen atoms in total. The average molecular weight is 344 g/mol. The van der Waals surface area contributed by atoms with E-state index in [-0.39, 0.29) is 24.3 Å². The van der Waals surface area contributed by atoms with Crippen molar-refractivity contribution in [2.24, 2.45) is 0 Å². The second-order valence-electron chi connectivity index (χ2n) is 5.71. The zero-order valence-corrected chi connectivity index (χ0v) is 15.0. The van der Waals surface area contributed by atoms with Crippen molar-refractivity contribution in [1.29, 1.82) is 0 Å². The first-order valence-corrected chi connectivity index (χ1v) is 9.15. The first-order chi connectivity index (χ1) is 11.6. The second-order valence-corrected chi connectivity index (χ2v) is 6.69. The van der Waals surface area contributed by atoms with Gasteiger partial charge in [-0.05, 0) is 30.0 Å². The quantitative estimate of drug-likeness (QED) is 0.782. The lowest BCUT2D eigenvalue weighted by atomic mass is 10.1. The van der Waals surface area contributed by atoms with E-state index in [2.05, 4.69) is 12.2 Å². The molecule has 1 unspecified atom stereocenters. The third-order valence-electron chi connectivity index (χ3n) is 3.75. The van der Waals surface area contributed by atoms with Gasteiger partial charge in [0.1, 0.15) is 0 Å². The van der Waals surface area contributed by atoms with Crippen LogP contribution in [0.15, 0.2) is 47.8 Å². The van der Waals surface area contributed by atoms with Crippen LogP contribution in [0.4, 0.5) is 5.69 Å². The van der Waals surface area contributed by atoms with Gasteiger partial charge in [0.15, 0.2) is 0 Å². The smallest absolute Gasteiger partial charge is 0.229 e. The molecule has 2 rings (SSSR count). The molecule has 0 radical (unpaired) electrons. The molecule has 0 saturated carbocycles. The van der Waals surface area contributed by atoms with E-state index in [1.165, 1.54) is 6.92 Å². The van der Waals surface area contributed by atoms with Crippen molar-refractivity contribution in [3.05, 3.63) is 52.7 Å². The van der Waals surface area contributed by atoms with Gasteiger partial charge in [0.2, 0.25) is 11.8 Å². The maximum absolute atomic E-state index is 12.9. The normalized spacial score (nSPS) is 11.8. The van der Waals surface area contributed by atoms with Crippen LogP contribution in [0, 0.1) is 0 Å². The number of hydrogen-bond donors (Lipinski definition) is 1. The number of unbranched alkanes of at least 4 members (excludes halogenated alkanes) is 1. The fourth-order valence-corrected chi connectivity index (χ4v) is 3.34. The van der Waals surface area contributed by atoms with Gasteiger partial charge in [0.25, 0.3) is 0 Å². The fraction of sp³-hybridized carbons (Fsp3) is 0.368. The van der Waals surface area contributed by atoms with Crippen LogP contribution in [-0.4, -0.2) is 18.4 Å². The standard InChI is InChI=1S/C19H24N2O2S/c1-3-4-12-21(16-9-6-5-7-10-16)19(23)14-17(20-15(2)22)18-11-8-13-24-18/h5-11,13,17H,3-4,12,14H2,1-2H3,(H,20,22). The van der Waals surface area contributed by atoms with Crippen molar-refractivity contribution in [3.8, 4) is 0 Å². The molecule has 0 aliphatic heterocycles. The number of nitrogens with zero attached hydrogens (tertiary/aromatic N) is 1. The van der Waals surface area contributed by atoms with Gasteiger partial charge < -0.3 is 10.2 Å². The molecule has 0 saturated heterocycles. The SMILES string of the molecule is CCCCN(C(=O)CC(NC(C)=O)c1cccs1)c1ccccc1. The molecule has 128 valence electrons. The summed E-state index contributed by atoms with van der Waals surface area (Å²) in [5.41, 5.74) is 0.906. The van der Waals surface area contributed by atoms with Crippen LogP contribution in [0.1, 0.15) is 44.0 Å². The van der Waals surface area contributed by atoms with E-state index in [1.807, 2.05) is 52.7 Å². The summed E-state index contributed by atoms with van der Waals surface area (Å²) in [6.07, 6.45) is 2.24. The van der Waals surface area contributed by atoms with E-state index >= 15 is 0 Å². The highest BCUT2D eigenvalue weighted by Gasteiger charge is 2.22. The van der Waals surface area contributed by atoms with Crippen molar-refractivity contribution in [2.75, 3.05) is 11.4 Å². The number of amides is 2. The predicted molar refractivity (Wildman–Crippen MR) is 99.2 cm³/mol. The van der Waals surface area contributed by atoms with Crippen molar-refractivity contribution >= 4 is 28.8 Å². The summed E-state index contributed by atoms with van der Waals surface area (Å²) in [7, 11) is 0. The molecule has 0 aliphatic carbocycles. The lowest BCUT2D eigenvalue weighted by molar-refractivity contribution is -0.121. The lowest BCUT2D eigenvalue weighted by Crippen LogP contribution is -2.36. The Morgan fingerprint density at radius 1 is 1.17 bits per heavy atom. The van der Waals surface area contributed by atoms with Gasteiger partial charge in [-0.3, -0.25) is 9.59 Å². The van der Waals surface area contributed by atoms with Crippen LogP contribution in [-0.2, 0) is 9.59 Å². The Bertz CT molecular complexity index is 641. The highest BCUT2D eigenvalue weighted by atomic mass is 32.1. The van der Waals surface area contributed by atoms with Crippen LogP contribution in [0.5, 0.6) is 0 Å². The minimum atomic E-state index is -0.275. The predicted octanol–water partition coefficient (Wildman–Crippen LogP) is 4.15. The van der Waals surface area contributed by atoms with E-state index in [9.17, 15) is 9.59 Å². The number of rotatable bonds is 8. The highest BCUT2D eigenvalue weighted by molar-refractivity contribution is 7.10. The van der Waals surface area contributed by atoms with E-state index in [0.717, 1.165) is 23.4 Å². The van der Waals surface area contributed by atoms with E-state index in [1.54, 1.807) is 11.3 Å². The van der Waals surface area contributed by atoms with Gasteiger partial charge in [0, 0.05) is 24.0 Å². The maximum Gasteiger partial charge on any atom is 0.229 e. The number of thiophene rings is 1. The summed E-state index contributed by atoms with van der Waals surface area (Å²) in [6, 6.07) is 13.3. The molecule has 1 N–H and O–H groups in total. The third kappa shape index (κ3) is 5.20. The van der Waals surface area contributed by atoms with Crippen LogP contribution in [0.3, 0.4) is 0 Å². The van der Waals surface area contributed by atoms with E-state index < -0.39 is 0 Å². The first kappa shape index (κ1) is 18.2. The highest BCUT2D eigenvalue weighted by Crippen LogP contribution is 2.25. The van der Waals surface area contributed by atoms with E-state index in [4.69, 9.17) is 0 Å².